The van der Waals surface area contributed by atoms with Crippen molar-refractivity contribution >= 4 is 50.7 Å². The van der Waals surface area contributed by atoms with Crippen LogP contribution < -0.4 is 16.0 Å². The van der Waals surface area contributed by atoms with Crippen molar-refractivity contribution in [3.05, 3.63) is 84.0 Å². The molecule has 37 heavy (non-hydrogen) atoms. The second-order valence-corrected chi connectivity index (χ2v) is 9.31. The maximum atomic E-state index is 14.8. The van der Waals surface area contributed by atoms with Crippen LogP contribution in [0.2, 0.25) is 0 Å². The maximum absolute atomic E-state index is 14.8. The molecule has 0 spiro atoms. The van der Waals surface area contributed by atoms with Gasteiger partial charge < -0.3 is 20.9 Å². The molecule has 0 unspecified atom stereocenters. The Bertz CT molecular complexity index is 1400. The first-order chi connectivity index (χ1) is 17.8. The summed E-state index contributed by atoms with van der Waals surface area (Å²) >= 11 is 3.44. The second kappa shape index (κ2) is 11.8. The first-order valence-corrected chi connectivity index (χ1v) is 12.2. The maximum Gasteiger partial charge on any atom is 0.247 e. The summed E-state index contributed by atoms with van der Waals surface area (Å²) in [7, 11) is 4.01. The van der Waals surface area contributed by atoms with Crippen molar-refractivity contribution in [1.82, 2.24) is 24.6 Å². The molecule has 190 valence electrons. The predicted molar refractivity (Wildman–Crippen MR) is 148 cm³/mol. The van der Waals surface area contributed by atoms with E-state index in [0.29, 0.717) is 23.0 Å². The number of rotatable bonds is 10. The van der Waals surface area contributed by atoms with Gasteiger partial charge in [0, 0.05) is 34.7 Å². The lowest BCUT2D eigenvalue weighted by molar-refractivity contribution is -0.111. The third kappa shape index (κ3) is 6.99. The van der Waals surface area contributed by atoms with E-state index >= 15 is 0 Å². The van der Waals surface area contributed by atoms with Gasteiger partial charge in [0.25, 0.3) is 0 Å². The van der Waals surface area contributed by atoms with Crippen molar-refractivity contribution in [3.63, 3.8) is 0 Å². The van der Waals surface area contributed by atoms with Crippen LogP contribution in [-0.2, 0) is 11.3 Å². The van der Waals surface area contributed by atoms with Crippen molar-refractivity contribution in [2.45, 2.75) is 6.54 Å². The number of anilines is 5. The van der Waals surface area contributed by atoms with E-state index in [1.54, 1.807) is 12.4 Å². The Hall–Kier alpha value is -4.09. The third-order valence-corrected chi connectivity index (χ3v) is 5.81. The van der Waals surface area contributed by atoms with Gasteiger partial charge in [-0.05, 0) is 56.1 Å². The summed E-state index contributed by atoms with van der Waals surface area (Å²) in [6, 6.07) is 11.9. The smallest absolute Gasteiger partial charge is 0.247 e. The molecule has 11 heteroatoms. The van der Waals surface area contributed by atoms with E-state index < -0.39 is 11.7 Å². The van der Waals surface area contributed by atoms with Crippen molar-refractivity contribution < 1.29 is 9.18 Å². The molecule has 4 aromatic rings. The van der Waals surface area contributed by atoms with Gasteiger partial charge in [0.05, 0.1) is 24.1 Å². The molecular formula is C26H26BrFN8O. The van der Waals surface area contributed by atoms with Crippen LogP contribution >= 0.6 is 15.9 Å². The number of carbonyl (C=O) groups is 1. The van der Waals surface area contributed by atoms with Crippen molar-refractivity contribution in [2.75, 3.05) is 36.6 Å². The Labute approximate surface area is 222 Å². The first kappa shape index (κ1) is 26.0. The fraction of sp³-hybridized carbons (Fsp3) is 0.154. The summed E-state index contributed by atoms with van der Waals surface area (Å²) in [5.74, 6) is -0.209. The minimum absolute atomic E-state index is 0.140. The highest BCUT2D eigenvalue weighted by Gasteiger charge is 2.14. The molecule has 0 bridgehead atoms. The fourth-order valence-corrected chi connectivity index (χ4v) is 3.64. The number of carbonyl (C=O) groups excluding carboxylic acids is 1. The predicted octanol–water partition coefficient (Wildman–Crippen LogP) is 5.42. The molecule has 0 saturated heterocycles. The lowest BCUT2D eigenvalue weighted by atomic mass is 10.1. The van der Waals surface area contributed by atoms with E-state index in [2.05, 4.69) is 58.4 Å². The number of aromatic nitrogens is 4. The van der Waals surface area contributed by atoms with Crippen LogP contribution in [0.3, 0.4) is 0 Å². The molecule has 0 aliphatic rings. The molecule has 0 aliphatic heterocycles. The van der Waals surface area contributed by atoms with E-state index in [4.69, 9.17) is 0 Å². The monoisotopic (exact) mass is 564 g/mol. The van der Waals surface area contributed by atoms with Gasteiger partial charge in [-0.2, -0.15) is 10.1 Å². The highest BCUT2D eigenvalue weighted by Crippen LogP contribution is 2.32. The number of amides is 1. The number of nitrogens with one attached hydrogen (secondary N) is 3. The summed E-state index contributed by atoms with van der Waals surface area (Å²) in [5.41, 5.74) is 2.78. The van der Waals surface area contributed by atoms with Crippen LogP contribution in [0.15, 0.2) is 78.2 Å². The van der Waals surface area contributed by atoms with Crippen LogP contribution in [0.1, 0.15) is 0 Å². The Morgan fingerprint density at radius 3 is 2.65 bits per heavy atom. The summed E-state index contributed by atoms with van der Waals surface area (Å²) < 4.78 is 17.5. The van der Waals surface area contributed by atoms with E-state index in [9.17, 15) is 9.18 Å². The summed E-state index contributed by atoms with van der Waals surface area (Å²) in [5, 5.41) is 13.2. The van der Waals surface area contributed by atoms with E-state index in [0.717, 1.165) is 34.9 Å². The molecule has 0 fully saturated rings. The summed E-state index contributed by atoms with van der Waals surface area (Å²) in [6.45, 7) is 5.03. The normalized spacial score (nSPS) is 10.8. The summed E-state index contributed by atoms with van der Waals surface area (Å²) in [6.07, 6.45) is 6.37. The first-order valence-electron chi connectivity index (χ1n) is 11.4. The average Bonchev–Trinajstić information content (AvgIpc) is 3.33. The van der Waals surface area contributed by atoms with E-state index in [1.807, 2.05) is 49.2 Å². The molecule has 0 aliphatic carbocycles. The van der Waals surface area contributed by atoms with E-state index in [1.165, 1.54) is 18.2 Å². The highest BCUT2D eigenvalue weighted by molar-refractivity contribution is 9.10. The largest absolute Gasteiger partial charge is 0.337 e. The molecule has 4 rings (SSSR count). The van der Waals surface area contributed by atoms with Crippen molar-refractivity contribution in [2.24, 2.45) is 0 Å². The van der Waals surface area contributed by atoms with Gasteiger partial charge in [0.15, 0.2) is 0 Å². The third-order valence-electron chi connectivity index (χ3n) is 5.28. The van der Waals surface area contributed by atoms with Gasteiger partial charge in [-0.1, -0.05) is 34.6 Å². The zero-order valence-corrected chi connectivity index (χ0v) is 22.0. The Kier molecular flexibility index (Phi) is 8.26. The molecule has 2 heterocycles. The minimum atomic E-state index is -0.506. The average molecular weight is 565 g/mol. The fourth-order valence-electron chi connectivity index (χ4n) is 3.38. The van der Waals surface area contributed by atoms with Crippen LogP contribution in [0.4, 0.5) is 33.2 Å². The van der Waals surface area contributed by atoms with Gasteiger partial charge in [-0.25, -0.2) is 9.37 Å². The summed E-state index contributed by atoms with van der Waals surface area (Å²) in [4.78, 5) is 22.9. The number of hydrogen-bond donors (Lipinski definition) is 3. The van der Waals surface area contributed by atoms with Crippen LogP contribution in [0.25, 0.3) is 11.1 Å². The number of halogens is 2. The second-order valence-electron chi connectivity index (χ2n) is 8.40. The molecule has 0 radical (unpaired) electrons. The highest BCUT2D eigenvalue weighted by atomic mass is 79.9. The number of likely N-dealkylation sites (N-methyl/N-ethyl adjacent to an activating group) is 1. The molecule has 2 aromatic heterocycles. The van der Waals surface area contributed by atoms with Crippen molar-refractivity contribution in [1.29, 1.82) is 0 Å². The van der Waals surface area contributed by atoms with Gasteiger partial charge in [0.1, 0.15) is 11.6 Å². The standard InChI is InChI=1S/C26H26BrFN8O/c1-4-24(37)31-19-9-10-22(28)23(13-19)33-25-21(17-5-7-18(27)8-6-17)15-29-26(34-25)32-20-14-30-36(16-20)12-11-35(2)3/h4-10,13-16H,1,11-12H2,2-3H3,(H,31,37)(H2,29,32,33,34). The molecule has 9 nitrogen and oxygen atoms in total. The quantitative estimate of drug-likeness (QED) is 0.221. The van der Waals surface area contributed by atoms with Crippen LogP contribution in [0.5, 0.6) is 0 Å². The molecule has 1 amide bonds. The number of benzene rings is 2. The SMILES string of the molecule is C=CC(=O)Nc1ccc(F)c(Nc2nc(Nc3cnn(CCN(C)C)c3)ncc2-c2ccc(Br)cc2)c1. The number of hydrogen-bond acceptors (Lipinski definition) is 7. The number of nitrogens with zero attached hydrogens (tertiary/aromatic N) is 5. The Morgan fingerprint density at radius 2 is 1.92 bits per heavy atom. The Morgan fingerprint density at radius 1 is 1.14 bits per heavy atom. The van der Waals surface area contributed by atoms with Crippen LogP contribution in [-0.4, -0.2) is 51.2 Å². The Balaban J connectivity index is 1.66. The molecule has 3 N–H and O–H groups in total. The topological polar surface area (TPSA) is 100 Å². The molecular weight excluding hydrogens is 539 g/mol. The molecule has 0 saturated carbocycles. The van der Waals surface area contributed by atoms with Crippen LogP contribution in [0, 0.1) is 5.82 Å². The van der Waals surface area contributed by atoms with Crippen molar-refractivity contribution in [3.8, 4) is 11.1 Å². The van der Waals surface area contributed by atoms with E-state index in [-0.39, 0.29) is 5.69 Å². The van der Waals surface area contributed by atoms with Gasteiger partial charge in [0.2, 0.25) is 11.9 Å². The zero-order chi connectivity index (χ0) is 26.4. The lowest BCUT2D eigenvalue weighted by Gasteiger charge is -2.14. The van der Waals surface area contributed by atoms with Gasteiger partial charge in [-0.15, -0.1) is 0 Å². The molecule has 2 aromatic carbocycles. The van der Waals surface area contributed by atoms with Gasteiger partial charge in [-0.3, -0.25) is 9.48 Å². The minimum Gasteiger partial charge on any atom is -0.337 e. The lowest BCUT2D eigenvalue weighted by Crippen LogP contribution is -2.18. The zero-order valence-electron chi connectivity index (χ0n) is 20.4. The van der Waals surface area contributed by atoms with Gasteiger partial charge >= 0.3 is 0 Å². The molecule has 0 atom stereocenters.